The van der Waals surface area contributed by atoms with Gasteiger partial charge in [-0.15, -0.1) is 0 Å². The van der Waals surface area contributed by atoms with Crippen LogP contribution in [0.15, 0.2) is 5.16 Å². The van der Waals surface area contributed by atoms with Crippen molar-refractivity contribution >= 4 is 5.84 Å². The van der Waals surface area contributed by atoms with Crippen LogP contribution >= 0.6 is 0 Å². The van der Waals surface area contributed by atoms with Crippen LogP contribution in [0, 0.1) is 11.8 Å². The first-order chi connectivity index (χ1) is 7.65. The van der Waals surface area contributed by atoms with Gasteiger partial charge < -0.3 is 16.3 Å². The Labute approximate surface area is 98.3 Å². The van der Waals surface area contributed by atoms with Gasteiger partial charge in [0.05, 0.1) is 0 Å². The summed E-state index contributed by atoms with van der Waals surface area (Å²) in [7, 11) is 0. The Morgan fingerprint density at radius 1 is 1.38 bits per heavy atom. The van der Waals surface area contributed by atoms with Crippen molar-refractivity contribution in [3.05, 3.63) is 0 Å². The Morgan fingerprint density at radius 3 is 2.56 bits per heavy atom. The van der Waals surface area contributed by atoms with E-state index in [0.717, 1.165) is 12.5 Å². The van der Waals surface area contributed by atoms with E-state index >= 15 is 0 Å². The van der Waals surface area contributed by atoms with Gasteiger partial charge in [0.25, 0.3) is 0 Å². The molecule has 1 aliphatic carbocycles. The summed E-state index contributed by atoms with van der Waals surface area (Å²) in [6.07, 6.45) is 6.81. The minimum absolute atomic E-state index is 0.0936. The van der Waals surface area contributed by atoms with Gasteiger partial charge in [-0.2, -0.15) is 0 Å². The number of oxime groups is 1. The molecule has 1 saturated carbocycles. The molecule has 2 atom stereocenters. The summed E-state index contributed by atoms with van der Waals surface area (Å²) in [6.45, 7) is 5.00. The fourth-order valence-corrected chi connectivity index (χ4v) is 2.37. The molecule has 4 heteroatoms. The second-order valence-corrected chi connectivity index (χ2v) is 5.02. The second-order valence-electron chi connectivity index (χ2n) is 5.02. The Balaban J connectivity index is 2.25. The third-order valence-corrected chi connectivity index (χ3v) is 3.72. The summed E-state index contributed by atoms with van der Waals surface area (Å²) in [5, 5.41) is 15.1. The molecule has 0 bridgehead atoms. The van der Waals surface area contributed by atoms with Crippen molar-refractivity contribution in [3.63, 3.8) is 0 Å². The molecule has 4 N–H and O–H groups in total. The molecule has 0 spiro atoms. The predicted octanol–water partition coefficient (Wildman–Crippen LogP) is 1.93. The Bertz CT molecular complexity index is 224. The van der Waals surface area contributed by atoms with E-state index in [9.17, 15) is 0 Å². The van der Waals surface area contributed by atoms with E-state index in [1.54, 1.807) is 0 Å². The smallest absolute Gasteiger partial charge is 0.143 e. The Hall–Kier alpha value is -0.770. The van der Waals surface area contributed by atoms with E-state index in [4.69, 9.17) is 10.9 Å². The zero-order valence-corrected chi connectivity index (χ0v) is 10.4. The number of amidine groups is 1. The lowest BCUT2D eigenvalue weighted by molar-refractivity contribution is 0.277. The van der Waals surface area contributed by atoms with Gasteiger partial charge in [0.2, 0.25) is 0 Å². The molecule has 0 amide bonds. The minimum Gasteiger partial charge on any atom is -0.409 e. The van der Waals surface area contributed by atoms with Crippen LogP contribution in [0.5, 0.6) is 0 Å². The highest BCUT2D eigenvalue weighted by atomic mass is 16.4. The zero-order chi connectivity index (χ0) is 12.0. The fraction of sp³-hybridized carbons (Fsp3) is 0.917. The van der Waals surface area contributed by atoms with Crippen LogP contribution in [0.25, 0.3) is 0 Å². The summed E-state index contributed by atoms with van der Waals surface area (Å²) in [6, 6.07) is 0.536. The largest absolute Gasteiger partial charge is 0.409 e. The van der Waals surface area contributed by atoms with Crippen molar-refractivity contribution < 1.29 is 5.21 Å². The Morgan fingerprint density at radius 2 is 2.00 bits per heavy atom. The molecule has 0 radical (unpaired) electrons. The molecule has 1 rings (SSSR count). The molecule has 0 saturated heterocycles. The van der Waals surface area contributed by atoms with E-state index in [1.165, 1.54) is 32.1 Å². The SMILES string of the molecule is CC(CNC(C)C1CCCCC1)C(N)=NO. The van der Waals surface area contributed by atoms with Crippen molar-refractivity contribution in [2.24, 2.45) is 22.7 Å². The second kappa shape index (κ2) is 6.74. The number of nitrogens with two attached hydrogens (primary N) is 1. The van der Waals surface area contributed by atoms with Crippen LogP contribution in [0.1, 0.15) is 46.0 Å². The topological polar surface area (TPSA) is 70.6 Å². The van der Waals surface area contributed by atoms with Gasteiger partial charge in [-0.3, -0.25) is 0 Å². The first-order valence-electron chi connectivity index (χ1n) is 6.36. The van der Waals surface area contributed by atoms with Gasteiger partial charge in [0, 0.05) is 18.5 Å². The lowest BCUT2D eigenvalue weighted by atomic mass is 9.84. The summed E-state index contributed by atoms with van der Waals surface area (Å²) >= 11 is 0. The number of nitrogens with one attached hydrogen (secondary N) is 1. The average Bonchev–Trinajstić information content (AvgIpc) is 2.35. The highest BCUT2D eigenvalue weighted by Gasteiger charge is 2.20. The molecule has 0 aromatic carbocycles. The average molecular weight is 227 g/mol. The Kier molecular flexibility index (Phi) is 5.60. The molecule has 1 fully saturated rings. The van der Waals surface area contributed by atoms with E-state index in [0.29, 0.717) is 11.9 Å². The monoisotopic (exact) mass is 227 g/mol. The third-order valence-electron chi connectivity index (χ3n) is 3.72. The van der Waals surface area contributed by atoms with Crippen LogP contribution < -0.4 is 11.1 Å². The maximum atomic E-state index is 8.55. The minimum atomic E-state index is 0.0936. The van der Waals surface area contributed by atoms with Crippen molar-refractivity contribution in [2.45, 2.75) is 52.0 Å². The van der Waals surface area contributed by atoms with Gasteiger partial charge in [-0.1, -0.05) is 31.3 Å². The molecule has 16 heavy (non-hydrogen) atoms. The number of hydrogen-bond acceptors (Lipinski definition) is 3. The molecule has 0 aromatic rings. The van der Waals surface area contributed by atoms with Crippen molar-refractivity contribution in [3.8, 4) is 0 Å². The lowest BCUT2D eigenvalue weighted by Crippen LogP contribution is -2.40. The van der Waals surface area contributed by atoms with Crippen LogP contribution in [0.4, 0.5) is 0 Å². The molecule has 94 valence electrons. The van der Waals surface area contributed by atoms with Gasteiger partial charge >= 0.3 is 0 Å². The van der Waals surface area contributed by atoms with Crippen molar-refractivity contribution in [1.82, 2.24) is 5.32 Å². The van der Waals surface area contributed by atoms with E-state index < -0.39 is 0 Å². The lowest BCUT2D eigenvalue weighted by Gasteiger charge is -2.29. The highest BCUT2D eigenvalue weighted by molar-refractivity contribution is 5.82. The summed E-state index contributed by atoms with van der Waals surface area (Å²) in [5.74, 6) is 1.20. The zero-order valence-electron chi connectivity index (χ0n) is 10.4. The molecule has 0 aliphatic heterocycles. The highest BCUT2D eigenvalue weighted by Crippen LogP contribution is 2.26. The normalized spacial score (nSPS) is 23.0. The van der Waals surface area contributed by atoms with Gasteiger partial charge in [0.1, 0.15) is 5.84 Å². The van der Waals surface area contributed by atoms with Crippen molar-refractivity contribution in [2.75, 3.05) is 6.54 Å². The van der Waals surface area contributed by atoms with Crippen LogP contribution in [-0.4, -0.2) is 23.6 Å². The van der Waals surface area contributed by atoms with E-state index in [-0.39, 0.29) is 5.92 Å². The fourth-order valence-electron chi connectivity index (χ4n) is 2.37. The third kappa shape index (κ3) is 4.00. The van der Waals surface area contributed by atoms with Gasteiger partial charge in [-0.25, -0.2) is 0 Å². The first-order valence-corrected chi connectivity index (χ1v) is 6.36. The molecular weight excluding hydrogens is 202 g/mol. The number of rotatable bonds is 5. The molecular formula is C12H25N3O. The first kappa shape index (κ1) is 13.3. The molecule has 1 aliphatic rings. The summed E-state index contributed by atoms with van der Waals surface area (Å²) in [4.78, 5) is 0. The summed E-state index contributed by atoms with van der Waals surface area (Å²) in [5.41, 5.74) is 5.54. The predicted molar refractivity (Wildman–Crippen MR) is 66.6 cm³/mol. The van der Waals surface area contributed by atoms with Crippen molar-refractivity contribution in [1.29, 1.82) is 0 Å². The molecule has 0 heterocycles. The van der Waals surface area contributed by atoms with E-state index in [2.05, 4.69) is 17.4 Å². The molecule has 0 aromatic heterocycles. The quantitative estimate of drug-likeness (QED) is 0.291. The van der Waals surface area contributed by atoms with Crippen LogP contribution in [-0.2, 0) is 0 Å². The summed E-state index contributed by atoms with van der Waals surface area (Å²) < 4.78 is 0. The standard InChI is InChI=1S/C12H25N3O/c1-9(12(13)15-16)8-14-10(2)11-6-4-3-5-7-11/h9-11,14,16H,3-8H2,1-2H3,(H2,13,15). The van der Waals surface area contributed by atoms with Gasteiger partial charge in [-0.05, 0) is 25.7 Å². The van der Waals surface area contributed by atoms with Crippen LogP contribution in [0.3, 0.4) is 0 Å². The molecule has 2 unspecified atom stereocenters. The molecule has 4 nitrogen and oxygen atoms in total. The van der Waals surface area contributed by atoms with E-state index in [1.807, 2.05) is 6.92 Å². The number of nitrogens with zero attached hydrogens (tertiary/aromatic N) is 1. The van der Waals surface area contributed by atoms with Crippen LogP contribution in [0.2, 0.25) is 0 Å². The number of hydrogen-bond donors (Lipinski definition) is 3. The maximum absolute atomic E-state index is 8.55. The maximum Gasteiger partial charge on any atom is 0.143 e. The van der Waals surface area contributed by atoms with Gasteiger partial charge in [0.15, 0.2) is 0 Å².